The fraction of sp³-hybridized carbons (Fsp3) is 0.308. The van der Waals surface area contributed by atoms with Gasteiger partial charge in [0, 0.05) is 18.8 Å². The van der Waals surface area contributed by atoms with Gasteiger partial charge in [-0.1, -0.05) is 36.4 Å². The maximum atomic E-state index is 12.9. The molecule has 0 aliphatic carbocycles. The van der Waals surface area contributed by atoms with Gasteiger partial charge in [-0.15, -0.1) is 0 Å². The number of nitrogens with zero attached hydrogens (tertiary/aromatic N) is 3. The fourth-order valence-electron chi connectivity index (χ4n) is 4.06. The van der Waals surface area contributed by atoms with E-state index in [1.807, 2.05) is 78.9 Å². The number of aromatic nitrogens is 1. The van der Waals surface area contributed by atoms with E-state index in [9.17, 15) is 10.1 Å². The van der Waals surface area contributed by atoms with Crippen LogP contribution in [0.15, 0.2) is 48.5 Å². The van der Waals surface area contributed by atoms with E-state index in [1.165, 1.54) is 0 Å². The number of hydrogen-bond donors (Lipinski definition) is 1. The quantitative estimate of drug-likeness (QED) is 0.599. The van der Waals surface area contributed by atoms with Crippen molar-refractivity contribution in [1.82, 2.24) is 9.47 Å². The van der Waals surface area contributed by atoms with Gasteiger partial charge in [0.25, 0.3) is 0 Å². The molecule has 0 fully saturated rings. The molecule has 1 aliphatic heterocycles. The molecule has 2 aromatic carbocycles. The van der Waals surface area contributed by atoms with E-state index in [2.05, 4.69) is 11.4 Å². The Bertz CT molecular complexity index is 1190. The molecular weight excluding hydrogens is 416 g/mol. The van der Waals surface area contributed by atoms with Crippen LogP contribution < -0.4 is 14.8 Å². The van der Waals surface area contributed by atoms with Gasteiger partial charge < -0.3 is 19.4 Å². The first kappa shape index (κ1) is 22.4. The van der Waals surface area contributed by atoms with Gasteiger partial charge in [0.1, 0.15) is 25.1 Å². The molecule has 1 N–H and O–H groups in total. The van der Waals surface area contributed by atoms with Crippen LogP contribution in [0.5, 0.6) is 11.5 Å². The number of fused-ring (bicyclic) bond motifs is 1. The van der Waals surface area contributed by atoms with Crippen molar-refractivity contribution in [3.05, 3.63) is 76.5 Å². The van der Waals surface area contributed by atoms with Crippen molar-refractivity contribution >= 4 is 11.7 Å². The van der Waals surface area contributed by atoms with Gasteiger partial charge in [-0.05, 0) is 49.7 Å². The predicted molar refractivity (Wildman–Crippen MR) is 127 cm³/mol. The second kappa shape index (κ2) is 9.80. The molecule has 1 aromatic heterocycles. The summed E-state index contributed by atoms with van der Waals surface area (Å²) in [6.07, 6.45) is 0. The number of likely N-dealkylation sites (N-methyl/N-ethyl adjacent to an activating group) is 1. The number of nitrogens with one attached hydrogen (secondary N) is 1. The summed E-state index contributed by atoms with van der Waals surface area (Å²) < 4.78 is 13.2. The maximum absolute atomic E-state index is 12.9. The largest absolute Gasteiger partial charge is 0.486 e. The zero-order valence-electron chi connectivity index (χ0n) is 19.2. The monoisotopic (exact) mass is 444 g/mol. The third-order valence-corrected chi connectivity index (χ3v) is 5.86. The highest BCUT2D eigenvalue weighted by atomic mass is 16.6. The molecule has 170 valence electrons. The van der Waals surface area contributed by atoms with E-state index < -0.39 is 0 Å². The van der Waals surface area contributed by atoms with Crippen molar-refractivity contribution in [2.75, 3.05) is 32.1 Å². The van der Waals surface area contributed by atoms with E-state index >= 15 is 0 Å². The molecule has 2 heterocycles. The minimum absolute atomic E-state index is 0.168. The van der Waals surface area contributed by atoms with Crippen molar-refractivity contribution in [3.63, 3.8) is 0 Å². The van der Waals surface area contributed by atoms with Crippen LogP contribution in [0.4, 0.5) is 5.82 Å². The molecule has 0 unspecified atom stereocenters. The average Bonchev–Trinajstić information content (AvgIpc) is 3.03. The molecule has 4 rings (SSSR count). The SMILES string of the molecule is Cc1c(C#N)c(NC(=O)CN(C)Cc2ccc3c(c2)OCCO3)n(Cc2ccccc2)c1C. The predicted octanol–water partition coefficient (Wildman–Crippen LogP) is 3.87. The molecule has 0 atom stereocenters. The lowest BCUT2D eigenvalue weighted by atomic mass is 10.2. The minimum Gasteiger partial charge on any atom is -0.486 e. The Hall–Kier alpha value is -3.76. The van der Waals surface area contributed by atoms with Gasteiger partial charge in [-0.25, -0.2) is 0 Å². The summed E-state index contributed by atoms with van der Waals surface area (Å²) in [4.78, 5) is 14.8. The van der Waals surface area contributed by atoms with Crippen LogP contribution in [0.3, 0.4) is 0 Å². The smallest absolute Gasteiger partial charge is 0.239 e. The first-order valence-electron chi connectivity index (χ1n) is 11.0. The minimum atomic E-state index is -0.168. The van der Waals surface area contributed by atoms with E-state index in [4.69, 9.17) is 9.47 Å². The Morgan fingerprint density at radius 3 is 2.55 bits per heavy atom. The lowest BCUT2D eigenvalue weighted by Crippen LogP contribution is -2.31. The highest BCUT2D eigenvalue weighted by molar-refractivity contribution is 5.93. The van der Waals surface area contributed by atoms with E-state index in [-0.39, 0.29) is 12.5 Å². The molecule has 0 bridgehead atoms. The molecule has 0 radical (unpaired) electrons. The number of rotatable bonds is 7. The molecule has 7 nitrogen and oxygen atoms in total. The average molecular weight is 445 g/mol. The van der Waals surface area contributed by atoms with Crippen LogP contribution >= 0.6 is 0 Å². The van der Waals surface area contributed by atoms with Crippen LogP contribution in [0.25, 0.3) is 0 Å². The lowest BCUT2D eigenvalue weighted by molar-refractivity contribution is -0.117. The summed E-state index contributed by atoms with van der Waals surface area (Å²) >= 11 is 0. The topological polar surface area (TPSA) is 79.5 Å². The van der Waals surface area contributed by atoms with Gasteiger partial charge in [0.05, 0.1) is 12.1 Å². The normalized spacial score (nSPS) is 12.5. The number of nitriles is 1. The number of ether oxygens (including phenoxy) is 2. The van der Waals surface area contributed by atoms with Gasteiger partial charge in [-0.3, -0.25) is 9.69 Å². The van der Waals surface area contributed by atoms with Crippen LogP contribution in [0.2, 0.25) is 0 Å². The number of carbonyl (C=O) groups excluding carboxylic acids is 1. The summed E-state index contributed by atoms with van der Waals surface area (Å²) in [7, 11) is 1.89. The molecule has 0 saturated carbocycles. The van der Waals surface area contributed by atoms with Crippen molar-refractivity contribution < 1.29 is 14.3 Å². The third-order valence-electron chi connectivity index (χ3n) is 5.86. The number of benzene rings is 2. The highest BCUT2D eigenvalue weighted by Gasteiger charge is 2.20. The zero-order valence-corrected chi connectivity index (χ0v) is 19.2. The van der Waals surface area contributed by atoms with Crippen LogP contribution in [-0.2, 0) is 17.9 Å². The molecule has 33 heavy (non-hydrogen) atoms. The Balaban J connectivity index is 1.46. The van der Waals surface area contributed by atoms with Gasteiger partial charge in [0.2, 0.25) is 5.91 Å². The second-order valence-electron chi connectivity index (χ2n) is 8.32. The van der Waals surface area contributed by atoms with Crippen LogP contribution in [-0.4, -0.2) is 42.2 Å². The molecular formula is C26H28N4O3. The Kier molecular flexibility index (Phi) is 6.66. The highest BCUT2D eigenvalue weighted by Crippen LogP contribution is 2.31. The van der Waals surface area contributed by atoms with Crippen molar-refractivity contribution in [1.29, 1.82) is 5.26 Å². The van der Waals surface area contributed by atoms with Gasteiger partial charge >= 0.3 is 0 Å². The standard InChI is InChI=1S/C26H28N4O3/c1-18-19(2)30(16-20-7-5-4-6-8-20)26(22(18)14-27)28-25(31)17-29(3)15-21-9-10-23-24(13-21)33-12-11-32-23/h4-10,13H,11-12,15-17H2,1-3H3,(H,28,31). The van der Waals surface area contributed by atoms with Crippen molar-refractivity contribution in [3.8, 4) is 17.6 Å². The number of hydrogen-bond acceptors (Lipinski definition) is 5. The molecule has 0 spiro atoms. The summed E-state index contributed by atoms with van der Waals surface area (Å²) in [5.41, 5.74) is 4.49. The Morgan fingerprint density at radius 1 is 1.09 bits per heavy atom. The third kappa shape index (κ3) is 5.02. The Morgan fingerprint density at radius 2 is 1.82 bits per heavy atom. The van der Waals surface area contributed by atoms with Crippen molar-refractivity contribution in [2.24, 2.45) is 0 Å². The number of anilines is 1. The molecule has 0 saturated heterocycles. The molecule has 7 heteroatoms. The maximum Gasteiger partial charge on any atom is 0.239 e. The summed E-state index contributed by atoms with van der Waals surface area (Å²) in [6, 6.07) is 18.1. The first-order valence-corrected chi connectivity index (χ1v) is 11.0. The van der Waals surface area contributed by atoms with E-state index in [0.717, 1.165) is 33.9 Å². The first-order chi connectivity index (χ1) is 16.0. The molecule has 1 aliphatic rings. The summed E-state index contributed by atoms with van der Waals surface area (Å²) in [5, 5.41) is 12.7. The summed E-state index contributed by atoms with van der Waals surface area (Å²) in [6.45, 7) is 6.34. The summed E-state index contributed by atoms with van der Waals surface area (Å²) in [5.74, 6) is 1.87. The van der Waals surface area contributed by atoms with Gasteiger partial charge in [-0.2, -0.15) is 5.26 Å². The van der Waals surface area contributed by atoms with Crippen molar-refractivity contribution in [2.45, 2.75) is 26.9 Å². The fourth-order valence-corrected chi connectivity index (χ4v) is 4.06. The van der Waals surface area contributed by atoms with Crippen LogP contribution in [0.1, 0.15) is 27.9 Å². The van der Waals surface area contributed by atoms with Crippen LogP contribution in [0, 0.1) is 25.2 Å². The van der Waals surface area contributed by atoms with E-state index in [1.54, 1.807) is 0 Å². The number of carbonyl (C=O) groups is 1. The number of amides is 1. The van der Waals surface area contributed by atoms with E-state index in [0.29, 0.717) is 37.7 Å². The Labute approximate surface area is 194 Å². The van der Waals surface area contributed by atoms with Gasteiger partial charge in [0.15, 0.2) is 11.5 Å². The molecule has 1 amide bonds. The molecule has 3 aromatic rings. The lowest BCUT2D eigenvalue weighted by Gasteiger charge is -2.21. The zero-order chi connectivity index (χ0) is 23.4. The second-order valence-corrected chi connectivity index (χ2v) is 8.32.